The van der Waals surface area contributed by atoms with E-state index in [-0.39, 0.29) is 0 Å². The second kappa shape index (κ2) is 4.31. The largest absolute Gasteiger partial charge is 0.327 e. The standard InChI is InChI=1S/C13H13BrN4S/c1-7-5-4-6-9(10(7)14)18-12-11(15-13(18)19)8(2)16-17(12)3/h4-6H,1-3H3,(H,15,19). The molecular weight excluding hydrogens is 324 g/mol. The zero-order valence-electron chi connectivity index (χ0n) is 10.9. The maximum absolute atomic E-state index is 5.46. The SMILES string of the molecule is Cc1cccc(-n2c(=S)[nH]c3c(C)nn(C)c32)c1Br. The summed E-state index contributed by atoms with van der Waals surface area (Å²) < 4.78 is 5.59. The third-order valence-electron chi connectivity index (χ3n) is 3.25. The molecule has 0 bridgehead atoms. The van der Waals surface area contributed by atoms with E-state index in [1.165, 1.54) is 5.56 Å². The number of aromatic nitrogens is 4. The van der Waals surface area contributed by atoms with Crippen molar-refractivity contribution in [2.45, 2.75) is 13.8 Å². The Bertz CT molecular complexity index is 840. The van der Waals surface area contributed by atoms with Gasteiger partial charge in [-0.3, -0.25) is 4.57 Å². The molecule has 0 radical (unpaired) electrons. The number of hydrogen-bond donors (Lipinski definition) is 1. The first-order valence-corrected chi connectivity index (χ1v) is 7.10. The van der Waals surface area contributed by atoms with Crippen LogP contribution in [0.5, 0.6) is 0 Å². The Morgan fingerprint density at radius 3 is 2.79 bits per heavy atom. The van der Waals surface area contributed by atoms with Crippen LogP contribution in [0.3, 0.4) is 0 Å². The third kappa shape index (κ3) is 1.78. The Kier molecular flexibility index (Phi) is 2.87. The molecule has 0 aliphatic rings. The number of rotatable bonds is 1. The summed E-state index contributed by atoms with van der Waals surface area (Å²) in [5.74, 6) is 0. The van der Waals surface area contributed by atoms with Crippen molar-refractivity contribution in [1.29, 1.82) is 0 Å². The Morgan fingerprint density at radius 2 is 2.05 bits per heavy atom. The summed E-state index contributed by atoms with van der Waals surface area (Å²) in [6.07, 6.45) is 0. The monoisotopic (exact) mass is 336 g/mol. The van der Waals surface area contributed by atoms with Crippen LogP contribution >= 0.6 is 28.1 Å². The summed E-state index contributed by atoms with van der Waals surface area (Å²) in [4.78, 5) is 3.23. The van der Waals surface area contributed by atoms with Gasteiger partial charge in [0.1, 0.15) is 5.52 Å². The molecule has 0 aliphatic heterocycles. The average Bonchev–Trinajstić information content (AvgIpc) is 2.82. The van der Waals surface area contributed by atoms with E-state index in [9.17, 15) is 0 Å². The highest BCUT2D eigenvalue weighted by Crippen LogP contribution is 2.28. The van der Waals surface area contributed by atoms with Gasteiger partial charge in [0.25, 0.3) is 0 Å². The molecule has 0 saturated carbocycles. The average molecular weight is 337 g/mol. The van der Waals surface area contributed by atoms with Crippen LogP contribution in [-0.4, -0.2) is 19.3 Å². The summed E-state index contributed by atoms with van der Waals surface area (Å²) in [5.41, 5.74) is 5.12. The van der Waals surface area contributed by atoms with Crippen LogP contribution in [-0.2, 0) is 7.05 Å². The molecular formula is C13H13BrN4S. The molecule has 0 saturated heterocycles. The van der Waals surface area contributed by atoms with Gasteiger partial charge in [-0.15, -0.1) is 0 Å². The fourth-order valence-electron chi connectivity index (χ4n) is 2.34. The number of nitrogens with zero attached hydrogens (tertiary/aromatic N) is 3. The van der Waals surface area contributed by atoms with Gasteiger partial charge in [-0.05, 0) is 53.6 Å². The molecule has 6 heteroatoms. The molecule has 0 fully saturated rings. The molecule has 0 spiro atoms. The van der Waals surface area contributed by atoms with Crippen molar-refractivity contribution in [3.8, 4) is 5.69 Å². The Labute approximate surface area is 124 Å². The maximum Gasteiger partial charge on any atom is 0.184 e. The van der Waals surface area contributed by atoms with Gasteiger partial charge in [-0.2, -0.15) is 5.10 Å². The van der Waals surface area contributed by atoms with Gasteiger partial charge in [0.05, 0.1) is 11.4 Å². The molecule has 4 nitrogen and oxygen atoms in total. The molecule has 0 unspecified atom stereocenters. The van der Waals surface area contributed by atoms with Gasteiger partial charge in [-0.1, -0.05) is 12.1 Å². The minimum atomic E-state index is 0.678. The predicted molar refractivity (Wildman–Crippen MR) is 82.4 cm³/mol. The fourth-order valence-corrected chi connectivity index (χ4v) is 3.06. The van der Waals surface area contributed by atoms with Crippen molar-refractivity contribution in [2.24, 2.45) is 7.05 Å². The summed E-state index contributed by atoms with van der Waals surface area (Å²) in [5, 5.41) is 4.43. The Balaban J connectivity index is 2.46. The molecule has 0 atom stereocenters. The van der Waals surface area contributed by atoms with E-state index in [2.05, 4.69) is 39.0 Å². The van der Waals surface area contributed by atoms with Gasteiger partial charge < -0.3 is 4.98 Å². The first kappa shape index (κ1) is 12.6. The van der Waals surface area contributed by atoms with Gasteiger partial charge in [0.2, 0.25) is 0 Å². The summed E-state index contributed by atoms with van der Waals surface area (Å²) in [6.45, 7) is 4.04. The van der Waals surface area contributed by atoms with E-state index in [0.717, 1.165) is 27.0 Å². The van der Waals surface area contributed by atoms with Crippen LogP contribution in [0.25, 0.3) is 16.9 Å². The van der Waals surface area contributed by atoms with Crippen molar-refractivity contribution in [1.82, 2.24) is 19.3 Å². The van der Waals surface area contributed by atoms with E-state index in [1.54, 1.807) is 0 Å². The smallest absolute Gasteiger partial charge is 0.184 e. The summed E-state index contributed by atoms with van der Waals surface area (Å²) >= 11 is 9.10. The highest BCUT2D eigenvalue weighted by Gasteiger charge is 2.16. The van der Waals surface area contributed by atoms with Crippen molar-refractivity contribution in [3.05, 3.63) is 38.7 Å². The molecule has 2 aromatic heterocycles. The fraction of sp³-hybridized carbons (Fsp3) is 0.231. The highest BCUT2D eigenvalue weighted by molar-refractivity contribution is 9.10. The first-order valence-electron chi connectivity index (χ1n) is 5.90. The van der Waals surface area contributed by atoms with E-state index < -0.39 is 0 Å². The van der Waals surface area contributed by atoms with Gasteiger partial charge in [-0.25, -0.2) is 4.68 Å². The molecule has 3 aromatic rings. The van der Waals surface area contributed by atoms with Crippen molar-refractivity contribution >= 4 is 39.3 Å². The lowest BCUT2D eigenvalue weighted by atomic mass is 10.2. The number of nitrogens with one attached hydrogen (secondary N) is 1. The van der Waals surface area contributed by atoms with Gasteiger partial charge in [0.15, 0.2) is 10.4 Å². The van der Waals surface area contributed by atoms with Crippen LogP contribution in [0.4, 0.5) is 0 Å². The Morgan fingerprint density at radius 1 is 1.32 bits per heavy atom. The number of aromatic amines is 1. The topological polar surface area (TPSA) is 38.5 Å². The lowest BCUT2D eigenvalue weighted by molar-refractivity contribution is 0.759. The summed E-state index contributed by atoms with van der Waals surface area (Å²) in [6, 6.07) is 6.14. The van der Waals surface area contributed by atoms with Gasteiger partial charge in [0, 0.05) is 11.5 Å². The molecule has 98 valence electrons. The molecule has 3 rings (SSSR count). The zero-order valence-corrected chi connectivity index (χ0v) is 13.3. The second-order valence-electron chi connectivity index (χ2n) is 4.58. The van der Waals surface area contributed by atoms with Crippen LogP contribution in [0.15, 0.2) is 22.7 Å². The van der Waals surface area contributed by atoms with Crippen molar-refractivity contribution < 1.29 is 0 Å². The van der Waals surface area contributed by atoms with Crippen LogP contribution in [0.2, 0.25) is 0 Å². The van der Waals surface area contributed by atoms with Crippen molar-refractivity contribution in [2.75, 3.05) is 0 Å². The van der Waals surface area contributed by atoms with Crippen LogP contribution in [0.1, 0.15) is 11.3 Å². The minimum absolute atomic E-state index is 0.678. The predicted octanol–water partition coefficient (Wildman–Crippen LogP) is 3.80. The lowest BCUT2D eigenvalue weighted by Gasteiger charge is -2.09. The maximum atomic E-state index is 5.46. The first-order chi connectivity index (χ1) is 9.00. The highest BCUT2D eigenvalue weighted by atomic mass is 79.9. The second-order valence-corrected chi connectivity index (χ2v) is 5.76. The quantitative estimate of drug-likeness (QED) is 0.686. The number of imidazole rings is 1. The van der Waals surface area contributed by atoms with Crippen molar-refractivity contribution in [3.63, 3.8) is 0 Å². The molecule has 2 heterocycles. The van der Waals surface area contributed by atoms with Crippen LogP contribution in [0, 0.1) is 18.6 Å². The lowest BCUT2D eigenvalue weighted by Crippen LogP contribution is -2.02. The normalized spacial score (nSPS) is 11.4. The number of halogens is 1. The molecule has 1 N–H and O–H groups in total. The van der Waals surface area contributed by atoms with Crippen LogP contribution < -0.4 is 0 Å². The van der Waals surface area contributed by atoms with E-state index >= 15 is 0 Å². The van der Waals surface area contributed by atoms with Gasteiger partial charge >= 0.3 is 0 Å². The number of aryl methyl sites for hydroxylation is 3. The zero-order chi connectivity index (χ0) is 13.7. The number of H-pyrrole nitrogens is 1. The molecule has 0 amide bonds. The number of hydrogen-bond acceptors (Lipinski definition) is 2. The number of benzene rings is 1. The third-order valence-corrected chi connectivity index (χ3v) is 4.57. The minimum Gasteiger partial charge on any atom is -0.327 e. The van der Waals surface area contributed by atoms with E-state index in [4.69, 9.17) is 12.2 Å². The number of fused-ring (bicyclic) bond motifs is 1. The van der Waals surface area contributed by atoms with E-state index in [1.807, 2.05) is 35.4 Å². The molecule has 0 aliphatic carbocycles. The van der Waals surface area contributed by atoms with E-state index in [0.29, 0.717) is 4.77 Å². The molecule has 1 aromatic carbocycles. The Hall–Kier alpha value is -1.40. The molecule has 19 heavy (non-hydrogen) atoms. The summed E-state index contributed by atoms with van der Waals surface area (Å²) in [7, 11) is 1.93.